The molecule has 2 N–H and O–H groups in total. The van der Waals surface area contributed by atoms with E-state index in [1.165, 1.54) is 0 Å². The molecule has 32 heavy (non-hydrogen) atoms. The molecule has 1 unspecified atom stereocenters. The van der Waals surface area contributed by atoms with E-state index in [-0.39, 0.29) is 23.5 Å². The van der Waals surface area contributed by atoms with Gasteiger partial charge in [0.25, 0.3) is 0 Å². The van der Waals surface area contributed by atoms with Gasteiger partial charge in [0.2, 0.25) is 5.91 Å². The average molecular weight is 465 g/mol. The van der Waals surface area contributed by atoms with Crippen molar-refractivity contribution in [3.8, 4) is 0 Å². The maximum atomic E-state index is 13.5. The molecule has 9 heteroatoms. The molecule has 1 saturated carbocycles. The lowest BCUT2D eigenvalue weighted by Crippen LogP contribution is -2.50. The molecule has 3 aliphatic rings. The first-order valence-electron chi connectivity index (χ1n) is 11.8. The van der Waals surface area contributed by atoms with Crippen molar-refractivity contribution in [2.75, 3.05) is 36.5 Å². The Morgan fingerprint density at radius 2 is 2.09 bits per heavy atom. The fraction of sp³-hybridized carbons (Fsp3) is 0.696. The summed E-state index contributed by atoms with van der Waals surface area (Å²) >= 11 is 6.53. The number of amides is 2. The molecule has 176 valence electrons. The SMILES string of the molecule is CCCOC(=O)Nc1cnc(N2CCCC3(CCN(C4CCC(O)CC4)C3=O)C2)c(Cl)c1. The minimum absolute atomic E-state index is 0.220. The van der Waals surface area contributed by atoms with E-state index in [1.54, 1.807) is 12.3 Å². The van der Waals surface area contributed by atoms with Gasteiger partial charge in [0.1, 0.15) is 5.82 Å². The highest BCUT2D eigenvalue weighted by Gasteiger charge is 2.51. The summed E-state index contributed by atoms with van der Waals surface area (Å²) in [6.45, 7) is 4.48. The molecular weight excluding hydrogens is 432 g/mol. The summed E-state index contributed by atoms with van der Waals surface area (Å²) in [6, 6.07) is 1.93. The number of pyridine rings is 1. The first-order chi connectivity index (χ1) is 15.4. The first kappa shape index (κ1) is 23.1. The zero-order valence-corrected chi connectivity index (χ0v) is 19.4. The highest BCUT2D eigenvalue weighted by molar-refractivity contribution is 6.33. The maximum absolute atomic E-state index is 13.5. The molecule has 4 rings (SSSR count). The van der Waals surface area contributed by atoms with Gasteiger partial charge in [0.05, 0.1) is 35.0 Å². The minimum Gasteiger partial charge on any atom is -0.449 e. The minimum atomic E-state index is -0.527. The summed E-state index contributed by atoms with van der Waals surface area (Å²) < 4.78 is 5.04. The molecule has 2 amide bonds. The number of rotatable bonds is 5. The summed E-state index contributed by atoms with van der Waals surface area (Å²) in [6.07, 6.45) is 7.54. The fourth-order valence-corrected chi connectivity index (χ4v) is 5.62. The lowest BCUT2D eigenvalue weighted by atomic mass is 9.78. The van der Waals surface area contributed by atoms with Gasteiger partial charge in [-0.15, -0.1) is 0 Å². The normalized spacial score (nSPS) is 28.3. The number of aromatic nitrogens is 1. The molecule has 8 nitrogen and oxygen atoms in total. The predicted molar refractivity (Wildman–Crippen MR) is 123 cm³/mol. The molecule has 1 aliphatic carbocycles. The highest BCUT2D eigenvalue weighted by Crippen LogP contribution is 2.44. The van der Waals surface area contributed by atoms with E-state index in [0.29, 0.717) is 29.7 Å². The van der Waals surface area contributed by atoms with E-state index in [0.717, 1.165) is 64.5 Å². The van der Waals surface area contributed by atoms with E-state index < -0.39 is 6.09 Å². The van der Waals surface area contributed by atoms with Crippen LogP contribution in [-0.4, -0.2) is 65.4 Å². The number of aliphatic hydroxyl groups is 1. The summed E-state index contributed by atoms with van der Waals surface area (Å²) in [4.78, 5) is 34.0. The second-order valence-electron chi connectivity index (χ2n) is 9.31. The lowest BCUT2D eigenvalue weighted by Gasteiger charge is -2.41. The summed E-state index contributed by atoms with van der Waals surface area (Å²) in [5.74, 6) is 0.891. The number of anilines is 2. The van der Waals surface area contributed by atoms with Crippen LogP contribution in [0.4, 0.5) is 16.3 Å². The van der Waals surface area contributed by atoms with E-state index in [1.807, 2.05) is 6.92 Å². The van der Waals surface area contributed by atoms with E-state index in [9.17, 15) is 14.7 Å². The highest BCUT2D eigenvalue weighted by atomic mass is 35.5. The largest absolute Gasteiger partial charge is 0.449 e. The number of nitrogens with one attached hydrogen (secondary N) is 1. The van der Waals surface area contributed by atoms with Crippen molar-refractivity contribution in [1.82, 2.24) is 9.88 Å². The van der Waals surface area contributed by atoms with Crippen LogP contribution in [0.1, 0.15) is 58.3 Å². The van der Waals surface area contributed by atoms with Crippen LogP contribution in [0.2, 0.25) is 5.02 Å². The molecule has 0 bridgehead atoms. The van der Waals surface area contributed by atoms with Gasteiger partial charge in [-0.2, -0.15) is 0 Å². The van der Waals surface area contributed by atoms with Gasteiger partial charge < -0.3 is 19.6 Å². The Morgan fingerprint density at radius 3 is 2.81 bits per heavy atom. The number of ether oxygens (including phenoxy) is 1. The quantitative estimate of drug-likeness (QED) is 0.687. The smallest absolute Gasteiger partial charge is 0.411 e. The van der Waals surface area contributed by atoms with Gasteiger partial charge in [-0.1, -0.05) is 18.5 Å². The Kier molecular flexibility index (Phi) is 7.10. The summed E-state index contributed by atoms with van der Waals surface area (Å²) in [7, 11) is 0. The number of hydrogen-bond acceptors (Lipinski definition) is 6. The summed E-state index contributed by atoms with van der Waals surface area (Å²) in [5, 5.41) is 12.9. The number of likely N-dealkylation sites (tertiary alicyclic amines) is 1. The van der Waals surface area contributed by atoms with Gasteiger partial charge in [0.15, 0.2) is 0 Å². The number of piperidine rings is 1. The lowest BCUT2D eigenvalue weighted by molar-refractivity contribution is -0.139. The van der Waals surface area contributed by atoms with Crippen molar-refractivity contribution in [2.45, 2.75) is 70.4 Å². The molecule has 1 aromatic heterocycles. The van der Waals surface area contributed by atoms with Gasteiger partial charge in [0, 0.05) is 25.7 Å². The van der Waals surface area contributed by atoms with Crippen LogP contribution >= 0.6 is 11.6 Å². The average Bonchev–Trinajstić information content (AvgIpc) is 3.08. The zero-order valence-electron chi connectivity index (χ0n) is 18.7. The topological polar surface area (TPSA) is 95.0 Å². The molecule has 1 aromatic rings. The summed E-state index contributed by atoms with van der Waals surface area (Å²) in [5.41, 5.74) is 0.0920. The van der Waals surface area contributed by atoms with Crippen molar-refractivity contribution in [3.05, 3.63) is 17.3 Å². The zero-order chi connectivity index (χ0) is 22.7. The van der Waals surface area contributed by atoms with Crippen molar-refractivity contribution in [1.29, 1.82) is 0 Å². The number of hydrogen-bond donors (Lipinski definition) is 2. The number of carbonyl (C=O) groups is 2. The van der Waals surface area contributed by atoms with Crippen LogP contribution in [0.15, 0.2) is 12.3 Å². The molecule has 2 aliphatic heterocycles. The molecule has 0 aromatic carbocycles. The van der Waals surface area contributed by atoms with Crippen LogP contribution < -0.4 is 10.2 Å². The maximum Gasteiger partial charge on any atom is 0.411 e. The van der Waals surface area contributed by atoms with Crippen LogP contribution in [0.3, 0.4) is 0 Å². The van der Waals surface area contributed by atoms with Crippen LogP contribution in [-0.2, 0) is 9.53 Å². The second kappa shape index (κ2) is 9.83. The molecule has 1 atom stereocenters. The van der Waals surface area contributed by atoms with Gasteiger partial charge in [-0.25, -0.2) is 9.78 Å². The Balaban J connectivity index is 1.42. The molecular formula is C23H33ClN4O4. The number of halogens is 1. The third kappa shape index (κ3) is 4.81. The molecule has 1 spiro atoms. The Hall–Kier alpha value is -2.06. The van der Waals surface area contributed by atoms with Crippen molar-refractivity contribution >= 4 is 35.1 Å². The molecule has 3 heterocycles. The van der Waals surface area contributed by atoms with Crippen molar-refractivity contribution in [3.63, 3.8) is 0 Å². The van der Waals surface area contributed by atoms with E-state index in [2.05, 4.69) is 20.1 Å². The van der Waals surface area contributed by atoms with E-state index >= 15 is 0 Å². The molecule has 0 radical (unpaired) electrons. The Bertz CT molecular complexity index is 845. The van der Waals surface area contributed by atoms with Crippen LogP contribution in [0.25, 0.3) is 0 Å². The standard InChI is InChI=1S/C23H33ClN4O4/c1-2-12-32-22(31)26-16-13-19(24)20(25-14-16)27-10-3-8-23(15-27)9-11-28(21(23)30)17-4-6-18(29)7-5-17/h13-14,17-18,29H,2-12,15H2,1H3,(H,26,31). The van der Waals surface area contributed by atoms with Crippen molar-refractivity contribution in [2.24, 2.45) is 5.41 Å². The van der Waals surface area contributed by atoms with Gasteiger partial charge in [-0.3, -0.25) is 10.1 Å². The van der Waals surface area contributed by atoms with Gasteiger partial charge in [-0.05, 0) is 57.4 Å². The van der Waals surface area contributed by atoms with Crippen molar-refractivity contribution < 1.29 is 19.4 Å². The predicted octanol–water partition coefficient (Wildman–Crippen LogP) is 3.82. The van der Waals surface area contributed by atoms with E-state index in [4.69, 9.17) is 16.3 Å². The second-order valence-corrected chi connectivity index (χ2v) is 9.71. The molecule has 3 fully saturated rings. The number of carbonyl (C=O) groups excluding carboxylic acids is 2. The first-order valence-corrected chi connectivity index (χ1v) is 12.1. The van der Waals surface area contributed by atoms with Crippen LogP contribution in [0, 0.1) is 5.41 Å². The fourth-order valence-electron chi connectivity index (χ4n) is 5.34. The third-order valence-corrected chi connectivity index (χ3v) is 7.31. The monoisotopic (exact) mass is 464 g/mol. The van der Waals surface area contributed by atoms with Gasteiger partial charge >= 0.3 is 6.09 Å². The molecule has 2 saturated heterocycles. The Labute approximate surface area is 194 Å². The number of aliphatic hydroxyl groups excluding tert-OH is 1. The van der Waals surface area contributed by atoms with Crippen LogP contribution in [0.5, 0.6) is 0 Å². The number of nitrogens with zero attached hydrogens (tertiary/aromatic N) is 3. The third-order valence-electron chi connectivity index (χ3n) is 7.03. The Morgan fingerprint density at radius 1 is 1.31 bits per heavy atom.